The van der Waals surface area contributed by atoms with Crippen LogP contribution in [0.2, 0.25) is 5.02 Å². The SMILES string of the molecule is O=C(NC1CC1)c1coc(CN(Cc2ccccc2)Cc2cccc(Cl)c2)n1. The molecule has 0 spiro atoms. The number of nitrogens with one attached hydrogen (secondary N) is 1. The molecule has 0 atom stereocenters. The third-order valence-corrected chi connectivity index (χ3v) is 4.84. The average Bonchev–Trinajstić information content (AvgIpc) is 3.37. The second kappa shape index (κ2) is 8.59. The first-order valence-electron chi connectivity index (χ1n) is 9.42. The van der Waals surface area contributed by atoms with E-state index in [-0.39, 0.29) is 5.91 Å². The summed E-state index contributed by atoms with van der Waals surface area (Å²) in [5.41, 5.74) is 2.65. The Morgan fingerprint density at radius 1 is 1.07 bits per heavy atom. The van der Waals surface area contributed by atoms with Gasteiger partial charge in [-0.2, -0.15) is 0 Å². The van der Waals surface area contributed by atoms with Crippen molar-refractivity contribution in [1.82, 2.24) is 15.2 Å². The van der Waals surface area contributed by atoms with Gasteiger partial charge in [0.25, 0.3) is 5.91 Å². The molecule has 3 aromatic rings. The minimum absolute atomic E-state index is 0.165. The van der Waals surface area contributed by atoms with Gasteiger partial charge in [-0.25, -0.2) is 4.98 Å². The molecular weight excluding hydrogens is 374 g/mol. The van der Waals surface area contributed by atoms with E-state index in [1.54, 1.807) is 0 Å². The largest absolute Gasteiger partial charge is 0.447 e. The summed E-state index contributed by atoms with van der Waals surface area (Å²) in [6.07, 6.45) is 3.52. The van der Waals surface area contributed by atoms with E-state index >= 15 is 0 Å². The zero-order valence-corrected chi connectivity index (χ0v) is 16.2. The lowest BCUT2D eigenvalue weighted by molar-refractivity contribution is 0.0946. The molecule has 0 saturated heterocycles. The van der Waals surface area contributed by atoms with Crippen LogP contribution in [0.15, 0.2) is 65.3 Å². The maximum Gasteiger partial charge on any atom is 0.273 e. The monoisotopic (exact) mass is 395 g/mol. The number of halogens is 1. The maximum absolute atomic E-state index is 12.2. The smallest absolute Gasteiger partial charge is 0.273 e. The van der Waals surface area contributed by atoms with E-state index in [1.165, 1.54) is 11.8 Å². The number of oxazole rings is 1. The lowest BCUT2D eigenvalue weighted by Gasteiger charge is -2.21. The molecule has 1 amide bonds. The minimum atomic E-state index is -0.165. The van der Waals surface area contributed by atoms with Crippen molar-refractivity contribution in [3.63, 3.8) is 0 Å². The summed E-state index contributed by atoms with van der Waals surface area (Å²) in [4.78, 5) is 18.8. The van der Waals surface area contributed by atoms with E-state index in [1.807, 2.05) is 42.5 Å². The normalized spacial score (nSPS) is 13.6. The molecule has 1 N–H and O–H groups in total. The van der Waals surface area contributed by atoms with Crippen molar-refractivity contribution in [1.29, 1.82) is 0 Å². The van der Waals surface area contributed by atoms with Crippen LogP contribution in [-0.2, 0) is 19.6 Å². The van der Waals surface area contributed by atoms with Crippen LogP contribution in [0.5, 0.6) is 0 Å². The second-order valence-corrected chi connectivity index (χ2v) is 7.57. The highest BCUT2D eigenvalue weighted by molar-refractivity contribution is 6.30. The number of rotatable bonds is 8. The number of hydrogen-bond acceptors (Lipinski definition) is 4. The Kier molecular flexibility index (Phi) is 5.74. The molecule has 0 aliphatic heterocycles. The van der Waals surface area contributed by atoms with Crippen LogP contribution >= 0.6 is 11.6 Å². The van der Waals surface area contributed by atoms with E-state index in [0.717, 1.165) is 24.9 Å². The number of amides is 1. The number of benzene rings is 2. The molecule has 4 rings (SSSR count). The molecule has 5 nitrogen and oxygen atoms in total. The van der Waals surface area contributed by atoms with E-state index in [4.69, 9.17) is 16.0 Å². The quantitative estimate of drug-likeness (QED) is 0.613. The van der Waals surface area contributed by atoms with Crippen molar-refractivity contribution in [2.24, 2.45) is 0 Å². The van der Waals surface area contributed by atoms with Crippen molar-refractivity contribution < 1.29 is 9.21 Å². The second-order valence-electron chi connectivity index (χ2n) is 7.13. The molecule has 1 aliphatic rings. The summed E-state index contributed by atoms with van der Waals surface area (Å²) < 4.78 is 5.58. The van der Waals surface area contributed by atoms with Gasteiger partial charge in [-0.15, -0.1) is 0 Å². The van der Waals surface area contributed by atoms with Crippen molar-refractivity contribution in [3.05, 3.63) is 88.6 Å². The van der Waals surface area contributed by atoms with Crippen LogP contribution in [0, 0.1) is 0 Å². The highest BCUT2D eigenvalue weighted by atomic mass is 35.5. The Bertz CT molecular complexity index is 938. The number of hydrogen-bond donors (Lipinski definition) is 1. The van der Waals surface area contributed by atoms with Crippen LogP contribution in [0.1, 0.15) is 40.3 Å². The Balaban J connectivity index is 1.48. The van der Waals surface area contributed by atoms with Crippen molar-refractivity contribution in [2.75, 3.05) is 0 Å². The van der Waals surface area contributed by atoms with Crippen LogP contribution < -0.4 is 5.32 Å². The van der Waals surface area contributed by atoms with Crippen molar-refractivity contribution in [2.45, 2.75) is 38.5 Å². The number of carbonyl (C=O) groups is 1. The van der Waals surface area contributed by atoms with Gasteiger partial charge in [0.2, 0.25) is 5.89 Å². The molecule has 1 heterocycles. The molecule has 0 unspecified atom stereocenters. The summed E-state index contributed by atoms with van der Waals surface area (Å²) in [7, 11) is 0. The van der Waals surface area contributed by atoms with Crippen LogP contribution in [0.4, 0.5) is 0 Å². The Hall–Kier alpha value is -2.63. The zero-order valence-electron chi connectivity index (χ0n) is 15.5. The summed E-state index contributed by atoms with van der Waals surface area (Å²) in [6, 6.07) is 18.4. The summed E-state index contributed by atoms with van der Waals surface area (Å²) >= 11 is 6.14. The lowest BCUT2D eigenvalue weighted by atomic mass is 10.1. The molecule has 1 saturated carbocycles. The van der Waals surface area contributed by atoms with Crippen LogP contribution in [-0.4, -0.2) is 21.8 Å². The molecule has 144 valence electrons. The average molecular weight is 396 g/mol. The van der Waals surface area contributed by atoms with Crippen molar-refractivity contribution in [3.8, 4) is 0 Å². The van der Waals surface area contributed by atoms with Gasteiger partial charge < -0.3 is 9.73 Å². The predicted molar refractivity (Wildman–Crippen MR) is 108 cm³/mol. The zero-order chi connectivity index (χ0) is 19.3. The molecule has 2 aromatic carbocycles. The molecule has 6 heteroatoms. The van der Waals surface area contributed by atoms with Gasteiger partial charge in [-0.05, 0) is 36.1 Å². The topological polar surface area (TPSA) is 58.4 Å². The molecule has 1 aromatic heterocycles. The first-order valence-corrected chi connectivity index (χ1v) is 9.79. The Morgan fingerprint density at radius 2 is 1.82 bits per heavy atom. The molecule has 28 heavy (non-hydrogen) atoms. The highest BCUT2D eigenvalue weighted by Crippen LogP contribution is 2.20. The van der Waals surface area contributed by atoms with E-state index < -0.39 is 0 Å². The minimum Gasteiger partial charge on any atom is -0.447 e. The summed E-state index contributed by atoms with van der Waals surface area (Å²) in [6.45, 7) is 1.93. The van der Waals surface area contributed by atoms with E-state index in [9.17, 15) is 4.79 Å². The fourth-order valence-electron chi connectivity index (χ4n) is 3.07. The third-order valence-electron chi connectivity index (χ3n) is 4.60. The Morgan fingerprint density at radius 3 is 2.57 bits per heavy atom. The first-order chi connectivity index (χ1) is 13.7. The lowest BCUT2D eigenvalue weighted by Crippen LogP contribution is -2.26. The van der Waals surface area contributed by atoms with Crippen LogP contribution in [0.3, 0.4) is 0 Å². The fourth-order valence-corrected chi connectivity index (χ4v) is 3.28. The molecule has 1 aliphatic carbocycles. The van der Waals surface area contributed by atoms with Gasteiger partial charge in [-0.3, -0.25) is 9.69 Å². The molecule has 0 bridgehead atoms. The maximum atomic E-state index is 12.2. The molecule has 0 radical (unpaired) electrons. The van der Waals surface area contributed by atoms with Gasteiger partial charge >= 0.3 is 0 Å². The van der Waals surface area contributed by atoms with Gasteiger partial charge in [-0.1, -0.05) is 54.1 Å². The van der Waals surface area contributed by atoms with Gasteiger partial charge in [0.1, 0.15) is 6.26 Å². The number of carbonyl (C=O) groups excluding carboxylic acids is 1. The van der Waals surface area contributed by atoms with E-state index in [0.29, 0.717) is 35.7 Å². The predicted octanol–water partition coefficient (Wildman–Crippen LogP) is 4.42. The third kappa shape index (κ3) is 5.21. The number of aromatic nitrogens is 1. The van der Waals surface area contributed by atoms with Gasteiger partial charge in [0.15, 0.2) is 5.69 Å². The number of nitrogens with zero attached hydrogens (tertiary/aromatic N) is 2. The molecule has 1 fully saturated rings. The highest BCUT2D eigenvalue weighted by Gasteiger charge is 2.25. The first kappa shape index (κ1) is 18.7. The van der Waals surface area contributed by atoms with Crippen LogP contribution in [0.25, 0.3) is 0 Å². The summed E-state index contributed by atoms with van der Waals surface area (Å²) in [5.74, 6) is 0.362. The molecular formula is C22H22ClN3O2. The Labute approximate surface area is 169 Å². The van der Waals surface area contributed by atoms with Crippen molar-refractivity contribution >= 4 is 17.5 Å². The summed E-state index contributed by atoms with van der Waals surface area (Å²) in [5, 5.41) is 3.65. The fraction of sp³-hybridized carbons (Fsp3) is 0.273. The van der Waals surface area contributed by atoms with Gasteiger partial charge in [0, 0.05) is 24.2 Å². The standard InChI is InChI=1S/C22H22ClN3O2/c23-18-8-4-7-17(11-18)13-26(12-16-5-2-1-3-6-16)14-21-25-20(15-28-21)22(27)24-19-9-10-19/h1-8,11,15,19H,9-10,12-14H2,(H,24,27). The van der Waals surface area contributed by atoms with Gasteiger partial charge in [0.05, 0.1) is 6.54 Å². The van der Waals surface area contributed by atoms with E-state index in [2.05, 4.69) is 27.3 Å².